The van der Waals surface area contributed by atoms with E-state index < -0.39 is 6.10 Å². The lowest BCUT2D eigenvalue weighted by atomic mass is 9.90. The second-order valence-corrected chi connectivity index (χ2v) is 8.79. The van der Waals surface area contributed by atoms with Gasteiger partial charge in [-0.25, -0.2) is 14.1 Å². The van der Waals surface area contributed by atoms with Gasteiger partial charge < -0.3 is 14.1 Å². The number of rotatable bonds is 6. The number of furan rings is 1. The van der Waals surface area contributed by atoms with E-state index in [-0.39, 0.29) is 11.7 Å². The monoisotopic (exact) mass is 449 g/mol. The Hall–Kier alpha value is -3.23. The van der Waals surface area contributed by atoms with Crippen LogP contribution in [-0.2, 0) is 13.6 Å². The average Bonchev–Trinajstić information content (AvgIpc) is 3.54. The van der Waals surface area contributed by atoms with E-state index in [2.05, 4.69) is 9.88 Å². The second kappa shape index (κ2) is 8.96. The molecule has 1 unspecified atom stereocenters. The lowest BCUT2D eigenvalue weighted by Gasteiger charge is -2.33. The van der Waals surface area contributed by atoms with Gasteiger partial charge in [0.05, 0.1) is 5.69 Å². The van der Waals surface area contributed by atoms with Crippen molar-refractivity contribution in [1.29, 1.82) is 0 Å². The fourth-order valence-corrected chi connectivity index (χ4v) is 4.59. The molecule has 0 aliphatic carbocycles. The number of aryl methyl sites for hydroxylation is 2. The lowest BCUT2D eigenvalue weighted by molar-refractivity contribution is 0.0492. The van der Waals surface area contributed by atoms with E-state index in [1.54, 1.807) is 16.9 Å². The van der Waals surface area contributed by atoms with Gasteiger partial charge >= 0.3 is 0 Å². The zero-order chi connectivity index (χ0) is 22.9. The molecular formula is C25H28FN5O2. The van der Waals surface area contributed by atoms with Crippen molar-refractivity contribution in [3.8, 4) is 17.1 Å². The van der Waals surface area contributed by atoms with Crippen LogP contribution in [0.2, 0.25) is 0 Å². The Morgan fingerprint density at radius 3 is 2.70 bits per heavy atom. The summed E-state index contributed by atoms with van der Waals surface area (Å²) in [5, 5.41) is 15.5. The van der Waals surface area contributed by atoms with Gasteiger partial charge in [-0.15, -0.1) is 0 Å². The highest BCUT2D eigenvalue weighted by molar-refractivity contribution is 5.58. The Bertz CT molecular complexity index is 1240. The van der Waals surface area contributed by atoms with Crippen molar-refractivity contribution >= 4 is 0 Å². The van der Waals surface area contributed by atoms with Crippen LogP contribution in [0.3, 0.4) is 0 Å². The number of hydrogen-bond donors (Lipinski definition) is 1. The molecule has 0 radical (unpaired) electrons. The van der Waals surface area contributed by atoms with Gasteiger partial charge in [-0.3, -0.25) is 4.90 Å². The number of hydrogen-bond acceptors (Lipinski definition) is 5. The molecule has 8 heteroatoms. The number of aliphatic hydroxyl groups excluding tert-OH is 1. The van der Waals surface area contributed by atoms with Crippen molar-refractivity contribution in [2.45, 2.75) is 32.4 Å². The minimum atomic E-state index is -0.551. The van der Waals surface area contributed by atoms with Crippen molar-refractivity contribution in [3.63, 3.8) is 0 Å². The number of nitrogens with zero attached hydrogens (tertiary/aromatic N) is 5. The van der Waals surface area contributed by atoms with Gasteiger partial charge in [0.25, 0.3) is 0 Å². The molecule has 4 heterocycles. The number of aliphatic hydroxyl groups is 1. The van der Waals surface area contributed by atoms with Crippen molar-refractivity contribution in [2.75, 3.05) is 13.1 Å². The molecule has 4 aromatic rings. The Balaban J connectivity index is 1.34. The minimum Gasteiger partial charge on any atom is -0.460 e. The van der Waals surface area contributed by atoms with Crippen LogP contribution in [-0.4, -0.2) is 42.4 Å². The Morgan fingerprint density at radius 1 is 1.21 bits per heavy atom. The third-order valence-electron chi connectivity index (χ3n) is 6.43. The number of likely N-dealkylation sites (tertiary alicyclic amines) is 1. The predicted molar refractivity (Wildman–Crippen MR) is 122 cm³/mol. The number of benzene rings is 1. The first-order valence-corrected chi connectivity index (χ1v) is 11.3. The van der Waals surface area contributed by atoms with Crippen LogP contribution in [0.5, 0.6) is 0 Å². The SMILES string of the molecule is Cc1ccc(-c2nn(-c3cccc(F)c3)cc2CN2CCC(C(O)c3nccn3C)CC2)o1. The first-order chi connectivity index (χ1) is 16.0. The molecule has 172 valence electrons. The maximum Gasteiger partial charge on any atom is 0.154 e. The molecule has 5 rings (SSSR count). The van der Waals surface area contributed by atoms with Crippen LogP contribution in [0.4, 0.5) is 4.39 Å². The van der Waals surface area contributed by atoms with Crippen LogP contribution in [0, 0.1) is 18.7 Å². The van der Waals surface area contributed by atoms with Crippen LogP contribution in [0.1, 0.15) is 36.1 Å². The van der Waals surface area contributed by atoms with Crippen LogP contribution < -0.4 is 0 Å². The molecule has 3 aromatic heterocycles. The summed E-state index contributed by atoms with van der Waals surface area (Å²) in [6.45, 7) is 4.35. The topological polar surface area (TPSA) is 72.2 Å². The summed E-state index contributed by atoms with van der Waals surface area (Å²) in [5.74, 6) is 2.14. The second-order valence-electron chi connectivity index (χ2n) is 8.79. The molecule has 0 bridgehead atoms. The molecule has 7 nitrogen and oxygen atoms in total. The average molecular weight is 450 g/mol. The molecule has 1 aromatic carbocycles. The quantitative estimate of drug-likeness (QED) is 0.476. The number of imidazole rings is 1. The molecular weight excluding hydrogens is 421 g/mol. The molecule has 33 heavy (non-hydrogen) atoms. The molecule has 1 atom stereocenters. The summed E-state index contributed by atoms with van der Waals surface area (Å²) >= 11 is 0. The molecule has 1 N–H and O–H groups in total. The zero-order valence-electron chi connectivity index (χ0n) is 18.9. The summed E-state index contributed by atoms with van der Waals surface area (Å²) in [7, 11) is 1.91. The van der Waals surface area contributed by atoms with E-state index in [1.807, 2.05) is 49.1 Å². The summed E-state index contributed by atoms with van der Waals surface area (Å²) in [6.07, 6.45) is 6.77. The molecule has 0 saturated carbocycles. The standard InChI is InChI=1S/C25H28FN5O2/c1-17-6-7-22(33-17)23-19(16-31(28-23)21-5-3-4-20(26)14-21)15-30-11-8-18(9-12-30)24(32)25-27-10-13-29(25)2/h3-7,10,13-14,16,18,24,32H,8-9,11-12,15H2,1-2H3. The first kappa shape index (κ1) is 21.6. The van der Waals surface area contributed by atoms with Crippen LogP contribution in [0.15, 0.2) is 59.4 Å². The third-order valence-corrected chi connectivity index (χ3v) is 6.43. The summed E-state index contributed by atoms with van der Waals surface area (Å²) < 4.78 is 23.3. The van der Waals surface area contributed by atoms with Crippen LogP contribution in [0.25, 0.3) is 17.1 Å². The Kier molecular flexibility index (Phi) is 5.86. The smallest absolute Gasteiger partial charge is 0.154 e. The lowest BCUT2D eigenvalue weighted by Crippen LogP contribution is -2.35. The summed E-state index contributed by atoms with van der Waals surface area (Å²) in [6, 6.07) is 10.3. The molecule has 1 aliphatic rings. The molecule has 0 amide bonds. The van der Waals surface area contributed by atoms with Crippen molar-refractivity contribution in [1.82, 2.24) is 24.2 Å². The highest BCUT2D eigenvalue weighted by Gasteiger charge is 2.29. The number of piperidine rings is 1. The normalized spacial score (nSPS) is 16.4. The minimum absolute atomic E-state index is 0.185. The van der Waals surface area contributed by atoms with E-state index in [1.165, 1.54) is 12.1 Å². The van der Waals surface area contributed by atoms with Crippen LogP contribution >= 0.6 is 0 Å². The predicted octanol–water partition coefficient (Wildman–Crippen LogP) is 4.26. The number of aromatic nitrogens is 4. The van der Waals surface area contributed by atoms with E-state index >= 15 is 0 Å². The van der Waals surface area contributed by atoms with Crippen molar-refractivity contribution < 1.29 is 13.9 Å². The third kappa shape index (κ3) is 4.49. The van der Waals surface area contributed by atoms with Crippen molar-refractivity contribution in [3.05, 3.63) is 78.0 Å². The zero-order valence-corrected chi connectivity index (χ0v) is 18.9. The van der Waals surface area contributed by atoms with Gasteiger partial charge in [-0.05, 0) is 69.1 Å². The summed E-state index contributed by atoms with van der Waals surface area (Å²) in [5.41, 5.74) is 2.46. The molecule has 1 saturated heterocycles. The number of halogens is 1. The van der Waals surface area contributed by atoms with Gasteiger partial charge in [0.2, 0.25) is 0 Å². The van der Waals surface area contributed by atoms with E-state index in [0.29, 0.717) is 18.0 Å². The largest absolute Gasteiger partial charge is 0.460 e. The van der Waals surface area contributed by atoms with Gasteiger partial charge in [-0.1, -0.05) is 6.07 Å². The van der Waals surface area contributed by atoms with Gasteiger partial charge in [0.15, 0.2) is 5.76 Å². The molecule has 1 fully saturated rings. The maximum atomic E-state index is 13.8. The Labute approximate surface area is 192 Å². The highest BCUT2D eigenvalue weighted by atomic mass is 19.1. The van der Waals surface area contributed by atoms with Crippen molar-refractivity contribution in [2.24, 2.45) is 13.0 Å². The van der Waals surface area contributed by atoms with Gasteiger partial charge in [-0.2, -0.15) is 5.10 Å². The summed E-state index contributed by atoms with van der Waals surface area (Å²) in [4.78, 5) is 6.68. The highest BCUT2D eigenvalue weighted by Crippen LogP contribution is 2.32. The molecule has 1 aliphatic heterocycles. The van der Waals surface area contributed by atoms with E-state index in [9.17, 15) is 9.50 Å². The molecule has 0 spiro atoms. The fourth-order valence-electron chi connectivity index (χ4n) is 4.59. The van der Waals surface area contributed by atoms with Gasteiger partial charge in [0, 0.05) is 37.7 Å². The van der Waals surface area contributed by atoms with Gasteiger partial charge in [0.1, 0.15) is 29.2 Å². The Morgan fingerprint density at radius 2 is 2.03 bits per heavy atom. The van der Waals surface area contributed by atoms with E-state index in [4.69, 9.17) is 9.52 Å². The maximum absolute atomic E-state index is 13.8. The fraction of sp³-hybridized carbons (Fsp3) is 0.360. The first-order valence-electron chi connectivity index (χ1n) is 11.3. The van der Waals surface area contributed by atoms with E-state index in [0.717, 1.165) is 48.8 Å².